The average Bonchev–Trinajstić information content (AvgIpc) is 2.25. The van der Waals surface area contributed by atoms with Crippen molar-refractivity contribution in [1.29, 1.82) is 5.26 Å². The number of hydrogen-bond acceptors (Lipinski definition) is 4. The normalized spacial score (nSPS) is 32.9. The Balaban J connectivity index is 2.19. The quantitative estimate of drug-likeness (QED) is 0.898. The summed E-state index contributed by atoms with van der Waals surface area (Å²) in [5, 5.41) is 18.9. The molecule has 0 aliphatic heterocycles. The van der Waals surface area contributed by atoms with Crippen molar-refractivity contribution in [2.45, 2.75) is 18.4 Å². The zero-order valence-corrected chi connectivity index (χ0v) is 9.91. The van der Waals surface area contributed by atoms with Gasteiger partial charge < -0.3 is 5.11 Å². The Labute approximate surface area is 100 Å². The Bertz CT molecular complexity index is 436. The van der Waals surface area contributed by atoms with Crippen molar-refractivity contribution in [3.8, 4) is 6.07 Å². The second-order valence-corrected chi connectivity index (χ2v) is 5.05. The maximum atomic E-state index is 12.6. The molecule has 0 atom stereocenters. The minimum atomic E-state index is -1.26. The van der Waals surface area contributed by atoms with E-state index in [1.54, 1.807) is 0 Å². The molecule has 0 aromatic carbocycles. The van der Waals surface area contributed by atoms with Crippen LogP contribution in [0.4, 0.5) is 4.39 Å². The minimum absolute atomic E-state index is 0.0502. The van der Waals surface area contributed by atoms with Crippen molar-refractivity contribution in [2.24, 2.45) is 5.41 Å². The molecule has 1 aromatic heterocycles. The van der Waals surface area contributed by atoms with E-state index >= 15 is 0 Å². The zero-order chi connectivity index (χ0) is 11.8. The summed E-state index contributed by atoms with van der Waals surface area (Å²) in [5.41, 5.74) is -2.33. The molecule has 0 saturated heterocycles. The van der Waals surface area contributed by atoms with E-state index < -0.39 is 17.7 Å². The van der Waals surface area contributed by atoms with Gasteiger partial charge in [-0.1, -0.05) is 0 Å². The summed E-state index contributed by atoms with van der Waals surface area (Å²) in [6, 6.07) is 1.90. The van der Waals surface area contributed by atoms with Gasteiger partial charge in [0.05, 0.1) is 16.0 Å². The number of alkyl halides is 1. The van der Waals surface area contributed by atoms with Crippen molar-refractivity contribution < 1.29 is 9.50 Å². The van der Waals surface area contributed by atoms with E-state index in [2.05, 4.69) is 25.9 Å². The van der Waals surface area contributed by atoms with E-state index in [4.69, 9.17) is 5.26 Å². The number of rotatable bonds is 2. The topological polar surface area (TPSA) is 69.8 Å². The second-order valence-electron chi connectivity index (χ2n) is 4.14. The molecule has 16 heavy (non-hydrogen) atoms. The average molecular weight is 286 g/mol. The third-order valence-electron chi connectivity index (χ3n) is 2.79. The van der Waals surface area contributed by atoms with E-state index in [-0.39, 0.29) is 18.7 Å². The highest BCUT2D eigenvalue weighted by Crippen LogP contribution is 2.53. The molecule has 0 unspecified atom stereocenters. The van der Waals surface area contributed by atoms with E-state index in [0.29, 0.717) is 4.47 Å². The molecule has 4 nitrogen and oxygen atoms in total. The lowest BCUT2D eigenvalue weighted by molar-refractivity contribution is -0.123. The molecule has 1 saturated carbocycles. The van der Waals surface area contributed by atoms with E-state index in [1.165, 1.54) is 12.4 Å². The Morgan fingerprint density at radius 1 is 1.50 bits per heavy atom. The first-order valence-electron chi connectivity index (χ1n) is 4.71. The number of aliphatic hydroxyl groups is 1. The minimum Gasteiger partial charge on any atom is -0.382 e. The van der Waals surface area contributed by atoms with Crippen LogP contribution in [0, 0.1) is 16.7 Å². The molecule has 1 N–H and O–H groups in total. The van der Waals surface area contributed by atoms with Crippen molar-refractivity contribution in [3.63, 3.8) is 0 Å². The molecule has 0 spiro atoms. The Morgan fingerprint density at radius 3 is 2.50 bits per heavy atom. The molecule has 2 rings (SSSR count). The Hall–Kier alpha value is -1.06. The molecule has 1 fully saturated rings. The molecule has 1 aliphatic rings. The van der Waals surface area contributed by atoms with Crippen molar-refractivity contribution in [2.75, 3.05) is 6.67 Å². The molecule has 1 heterocycles. The molecule has 1 aromatic rings. The van der Waals surface area contributed by atoms with Gasteiger partial charge in [-0.2, -0.15) is 5.26 Å². The predicted octanol–water partition coefficient (Wildman–Crippen LogP) is 1.70. The first-order chi connectivity index (χ1) is 7.53. The second kappa shape index (κ2) is 3.75. The highest BCUT2D eigenvalue weighted by molar-refractivity contribution is 9.10. The summed E-state index contributed by atoms with van der Waals surface area (Å²) in [4.78, 5) is 7.93. The van der Waals surface area contributed by atoms with Crippen LogP contribution in [-0.2, 0) is 5.60 Å². The molecule has 0 bridgehead atoms. The Morgan fingerprint density at radius 2 is 2.06 bits per heavy atom. The number of halogens is 2. The van der Waals surface area contributed by atoms with Gasteiger partial charge in [0.15, 0.2) is 5.82 Å². The fourth-order valence-electron chi connectivity index (χ4n) is 1.98. The van der Waals surface area contributed by atoms with Gasteiger partial charge in [-0.3, -0.25) is 0 Å². The maximum Gasteiger partial charge on any atom is 0.160 e. The van der Waals surface area contributed by atoms with Crippen LogP contribution in [0.2, 0.25) is 0 Å². The number of aromatic nitrogens is 2. The van der Waals surface area contributed by atoms with Gasteiger partial charge in [0.1, 0.15) is 12.3 Å². The molecule has 6 heteroatoms. The maximum absolute atomic E-state index is 12.6. The van der Waals surface area contributed by atoms with Crippen LogP contribution in [0.15, 0.2) is 16.9 Å². The number of nitrogens with zero attached hydrogens (tertiary/aromatic N) is 3. The summed E-state index contributed by atoms with van der Waals surface area (Å²) in [5.74, 6) is 0.245. The highest BCUT2D eigenvalue weighted by atomic mass is 79.9. The van der Waals surface area contributed by atoms with Gasteiger partial charge >= 0.3 is 0 Å². The van der Waals surface area contributed by atoms with Crippen LogP contribution in [0.3, 0.4) is 0 Å². The molecular formula is C10H9BrFN3O. The van der Waals surface area contributed by atoms with Gasteiger partial charge in [0.25, 0.3) is 0 Å². The molecule has 0 radical (unpaired) electrons. The van der Waals surface area contributed by atoms with Crippen LogP contribution in [-0.4, -0.2) is 21.7 Å². The lowest BCUT2D eigenvalue weighted by atomic mass is 9.60. The van der Waals surface area contributed by atoms with Gasteiger partial charge in [-0.25, -0.2) is 14.4 Å². The fraction of sp³-hybridized carbons (Fsp3) is 0.500. The lowest BCUT2D eigenvalue weighted by Gasteiger charge is -2.46. The standard InChI is InChI=1S/C10H9BrFN3O/c11-7-1-14-8(15-2-7)10(16)3-9(4-10,5-12)6-13/h1-2,16H,3-5H2. The summed E-state index contributed by atoms with van der Waals surface area (Å²) in [6.45, 7) is -0.748. The molecule has 0 amide bonds. The van der Waals surface area contributed by atoms with Crippen LogP contribution >= 0.6 is 15.9 Å². The Kier molecular flexibility index (Phi) is 2.68. The van der Waals surface area contributed by atoms with E-state index in [1.807, 2.05) is 6.07 Å². The van der Waals surface area contributed by atoms with E-state index in [9.17, 15) is 9.50 Å². The van der Waals surface area contributed by atoms with Gasteiger partial charge in [0.2, 0.25) is 0 Å². The molecule has 1 aliphatic carbocycles. The summed E-state index contributed by atoms with van der Waals surface area (Å²) in [6.07, 6.45) is 3.13. The largest absolute Gasteiger partial charge is 0.382 e. The van der Waals surface area contributed by atoms with Crippen LogP contribution in [0.5, 0.6) is 0 Å². The first kappa shape index (κ1) is 11.4. The summed E-state index contributed by atoms with van der Waals surface area (Å²) < 4.78 is 13.3. The number of hydrogen-bond donors (Lipinski definition) is 1. The monoisotopic (exact) mass is 285 g/mol. The number of nitriles is 1. The van der Waals surface area contributed by atoms with Crippen molar-refractivity contribution >= 4 is 15.9 Å². The SMILES string of the molecule is N#CC1(CF)CC(O)(c2ncc(Br)cn2)C1. The first-order valence-corrected chi connectivity index (χ1v) is 5.51. The third-order valence-corrected chi connectivity index (χ3v) is 3.20. The molecule has 84 valence electrons. The van der Waals surface area contributed by atoms with E-state index in [0.717, 1.165) is 0 Å². The van der Waals surface area contributed by atoms with Crippen LogP contribution in [0.1, 0.15) is 18.7 Å². The van der Waals surface area contributed by atoms with Crippen LogP contribution in [0.25, 0.3) is 0 Å². The zero-order valence-electron chi connectivity index (χ0n) is 8.32. The van der Waals surface area contributed by atoms with Crippen molar-refractivity contribution in [3.05, 3.63) is 22.7 Å². The summed E-state index contributed by atoms with van der Waals surface area (Å²) >= 11 is 3.18. The smallest absolute Gasteiger partial charge is 0.160 e. The molecular weight excluding hydrogens is 277 g/mol. The predicted molar refractivity (Wildman–Crippen MR) is 56.9 cm³/mol. The van der Waals surface area contributed by atoms with Gasteiger partial charge in [0, 0.05) is 25.2 Å². The lowest BCUT2D eigenvalue weighted by Crippen LogP contribution is -2.51. The highest BCUT2D eigenvalue weighted by Gasteiger charge is 2.57. The fourth-order valence-corrected chi connectivity index (χ4v) is 2.19. The van der Waals surface area contributed by atoms with Crippen LogP contribution < -0.4 is 0 Å². The van der Waals surface area contributed by atoms with Gasteiger partial charge in [-0.15, -0.1) is 0 Å². The van der Waals surface area contributed by atoms with Gasteiger partial charge in [-0.05, 0) is 15.9 Å². The summed E-state index contributed by atoms with van der Waals surface area (Å²) in [7, 11) is 0. The van der Waals surface area contributed by atoms with Crippen molar-refractivity contribution in [1.82, 2.24) is 9.97 Å². The third kappa shape index (κ3) is 1.70.